The van der Waals surface area contributed by atoms with E-state index < -0.39 is 11.6 Å². The molecule has 27 heavy (non-hydrogen) atoms. The molecule has 0 aromatic heterocycles. The second-order valence-electron chi connectivity index (χ2n) is 7.89. The molecule has 1 fully saturated rings. The van der Waals surface area contributed by atoms with Crippen molar-refractivity contribution >= 4 is 0 Å². The fourth-order valence-corrected chi connectivity index (χ4v) is 4.34. The molecular formula is C24H29FN2. The number of likely N-dealkylation sites (tertiary alicyclic amines) is 1. The summed E-state index contributed by atoms with van der Waals surface area (Å²) in [5, 5.41) is 9.24. The van der Waals surface area contributed by atoms with Crippen LogP contribution in [-0.2, 0) is 6.54 Å². The number of hydrogen-bond donors (Lipinski definition) is 0. The fraction of sp³-hybridized carbons (Fsp3) is 0.458. The van der Waals surface area contributed by atoms with E-state index in [1.807, 2.05) is 18.2 Å². The summed E-state index contributed by atoms with van der Waals surface area (Å²) in [6.07, 6.45) is 1.06. The van der Waals surface area contributed by atoms with Gasteiger partial charge in [-0.1, -0.05) is 74.9 Å². The molecule has 0 saturated carbocycles. The Morgan fingerprint density at radius 2 is 1.81 bits per heavy atom. The van der Waals surface area contributed by atoms with Crippen LogP contribution in [0.4, 0.5) is 4.39 Å². The van der Waals surface area contributed by atoms with Gasteiger partial charge in [0.1, 0.15) is 6.17 Å². The number of halogens is 1. The topological polar surface area (TPSA) is 27.0 Å². The molecule has 1 aliphatic rings. The van der Waals surface area contributed by atoms with Crippen molar-refractivity contribution in [2.45, 2.75) is 45.8 Å². The number of alkyl halides is 1. The molecule has 0 amide bonds. The summed E-state index contributed by atoms with van der Waals surface area (Å²) in [5.74, 6) is 0.236. The van der Waals surface area contributed by atoms with Crippen LogP contribution in [0.5, 0.6) is 0 Å². The van der Waals surface area contributed by atoms with Gasteiger partial charge in [-0.05, 0) is 35.6 Å². The Balaban J connectivity index is 1.65. The zero-order valence-corrected chi connectivity index (χ0v) is 16.4. The summed E-state index contributed by atoms with van der Waals surface area (Å²) in [7, 11) is 0. The van der Waals surface area contributed by atoms with Gasteiger partial charge in [0.05, 0.1) is 6.07 Å². The van der Waals surface area contributed by atoms with Gasteiger partial charge in [0.2, 0.25) is 0 Å². The third kappa shape index (κ3) is 4.22. The summed E-state index contributed by atoms with van der Waals surface area (Å²) in [6.45, 7) is 6.23. The molecular weight excluding hydrogens is 335 g/mol. The van der Waals surface area contributed by atoms with E-state index in [2.05, 4.69) is 61.2 Å². The van der Waals surface area contributed by atoms with Crippen LogP contribution in [0.25, 0.3) is 11.1 Å². The van der Waals surface area contributed by atoms with Crippen LogP contribution in [0.3, 0.4) is 0 Å². The van der Waals surface area contributed by atoms with Gasteiger partial charge in [0.15, 0.2) is 0 Å². The molecule has 1 aliphatic heterocycles. The monoisotopic (exact) mass is 364 g/mol. The van der Waals surface area contributed by atoms with Crippen LogP contribution < -0.4 is 0 Å². The SMILES string of the molecule is CCC(C)[C@]1(CC#N)CCN(Cc2ccc(-c3ccccc3)cc2)C[C@H]1F. The standard InChI is InChI=1S/C24H29FN2/c1-3-19(2)24(13-15-26)14-16-27(18-23(24)25)17-20-9-11-22(12-10-20)21-7-5-4-6-8-21/h4-12,19,23H,3,13-14,16-18H2,1-2H3/t19?,23-,24+/m1/s1. The zero-order valence-electron chi connectivity index (χ0n) is 16.4. The first-order valence-corrected chi connectivity index (χ1v) is 9.97. The van der Waals surface area contributed by atoms with Crippen LogP contribution in [-0.4, -0.2) is 24.2 Å². The lowest BCUT2D eigenvalue weighted by Crippen LogP contribution is -2.51. The van der Waals surface area contributed by atoms with E-state index in [1.165, 1.54) is 16.7 Å². The summed E-state index contributed by atoms with van der Waals surface area (Å²) in [4.78, 5) is 2.19. The van der Waals surface area contributed by atoms with E-state index in [4.69, 9.17) is 0 Å². The Labute approximate surface area is 162 Å². The Kier molecular flexibility index (Phi) is 6.29. The van der Waals surface area contributed by atoms with Crippen LogP contribution in [0, 0.1) is 22.7 Å². The van der Waals surface area contributed by atoms with Crippen molar-refractivity contribution in [2.24, 2.45) is 11.3 Å². The number of rotatable bonds is 6. The number of hydrogen-bond acceptors (Lipinski definition) is 2. The van der Waals surface area contributed by atoms with E-state index >= 15 is 4.39 Å². The molecule has 0 spiro atoms. The highest BCUT2D eigenvalue weighted by molar-refractivity contribution is 5.63. The number of nitriles is 1. The Bertz CT molecular complexity index is 765. The largest absolute Gasteiger partial charge is 0.296 e. The zero-order chi connectivity index (χ0) is 19.3. The molecule has 2 nitrogen and oxygen atoms in total. The van der Waals surface area contributed by atoms with Crippen LogP contribution in [0.15, 0.2) is 54.6 Å². The summed E-state index contributed by atoms with van der Waals surface area (Å²) in [5.41, 5.74) is 3.14. The van der Waals surface area contributed by atoms with Crippen molar-refractivity contribution in [1.29, 1.82) is 5.26 Å². The minimum Gasteiger partial charge on any atom is -0.296 e. The van der Waals surface area contributed by atoms with Crippen LogP contribution in [0.2, 0.25) is 0 Å². The second kappa shape index (κ2) is 8.67. The van der Waals surface area contributed by atoms with Gasteiger partial charge in [-0.15, -0.1) is 0 Å². The first-order chi connectivity index (χ1) is 13.1. The first-order valence-electron chi connectivity index (χ1n) is 9.97. The van der Waals surface area contributed by atoms with Gasteiger partial charge in [-0.25, -0.2) is 4.39 Å². The van der Waals surface area contributed by atoms with Gasteiger partial charge >= 0.3 is 0 Å². The molecule has 2 aromatic rings. The first kappa shape index (κ1) is 19.6. The lowest BCUT2D eigenvalue weighted by Gasteiger charge is -2.46. The smallest absolute Gasteiger partial charge is 0.120 e. The maximum absolute atomic E-state index is 15.2. The second-order valence-corrected chi connectivity index (χ2v) is 7.89. The van der Waals surface area contributed by atoms with Crippen molar-refractivity contribution in [3.63, 3.8) is 0 Å². The Hall–Kier alpha value is -2.18. The third-order valence-corrected chi connectivity index (χ3v) is 6.41. The predicted molar refractivity (Wildman–Crippen MR) is 109 cm³/mol. The lowest BCUT2D eigenvalue weighted by atomic mass is 9.65. The number of nitrogens with zero attached hydrogens (tertiary/aromatic N) is 2. The summed E-state index contributed by atoms with van der Waals surface area (Å²) < 4.78 is 15.2. The Morgan fingerprint density at radius 3 is 2.41 bits per heavy atom. The minimum absolute atomic E-state index is 0.236. The molecule has 3 heteroatoms. The van der Waals surface area contributed by atoms with Crippen molar-refractivity contribution in [1.82, 2.24) is 4.90 Å². The maximum atomic E-state index is 15.2. The van der Waals surface area contributed by atoms with Gasteiger partial charge in [0.25, 0.3) is 0 Å². The third-order valence-electron chi connectivity index (χ3n) is 6.41. The molecule has 0 N–H and O–H groups in total. The highest BCUT2D eigenvalue weighted by Gasteiger charge is 2.46. The minimum atomic E-state index is -0.940. The van der Waals surface area contributed by atoms with E-state index in [0.29, 0.717) is 13.0 Å². The molecule has 0 bridgehead atoms. The van der Waals surface area contributed by atoms with Gasteiger partial charge in [-0.3, -0.25) is 4.90 Å². The average Bonchev–Trinajstić information content (AvgIpc) is 2.71. The van der Waals surface area contributed by atoms with Gasteiger partial charge in [-0.2, -0.15) is 5.26 Å². The van der Waals surface area contributed by atoms with E-state index in [-0.39, 0.29) is 5.92 Å². The molecule has 1 unspecified atom stereocenters. The number of benzene rings is 2. The highest BCUT2D eigenvalue weighted by Crippen LogP contribution is 2.45. The molecule has 3 atom stereocenters. The van der Waals surface area contributed by atoms with Gasteiger partial charge < -0.3 is 0 Å². The van der Waals surface area contributed by atoms with Crippen LogP contribution >= 0.6 is 0 Å². The average molecular weight is 365 g/mol. The maximum Gasteiger partial charge on any atom is 0.120 e. The molecule has 0 aliphatic carbocycles. The molecule has 0 radical (unpaired) electrons. The molecule has 1 saturated heterocycles. The number of piperidine rings is 1. The van der Waals surface area contributed by atoms with E-state index in [9.17, 15) is 5.26 Å². The molecule has 1 heterocycles. The summed E-state index contributed by atoms with van der Waals surface area (Å²) >= 11 is 0. The fourth-order valence-electron chi connectivity index (χ4n) is 4.34. The lowest BCUT2D eigenvalue weighted by molar-refractivity contribution is -0.0314. The van der Waals surface area contributed by atoms with Crippen molar-refractivity contribution in [2.75, 3.05) is 13.1 Å². The van der Waals surface area contributed by atoms with Crippen molar-refractivity contribution in [3.05, 3.63) is 60.2 Å². The van der Waals surface area contributed by atoms with Crippen molar-refractivity contribution in [3.8, 4) is 17.2 Å². The van der Waals surface area contributed by atoms with Crippen LogP contribution in [0.1, 0.15) is 38.7 Å². The Morgan fingerprint density at radius 1 is 1.15 bits per heavy atom. The quantitative estimate of drug-likeness (QED) is 0.643. The highest BCUT2D eigenvalue weighted by atomic mass is 19.1. The van der Waals surface area contributed by atoms with E-state index in [1.54, 1.807) is 0 Å². The molecule has 142 valence electrons. The summed E-state index contributed by atoms with van der Waals surface area (Å²) in [6, 6.07) is 21.1. The van der Waals surface area contributed by atoms with E-state index in [0.717, 1.165) is 25.9 Å². The molecule has 2 aromatic carbocycles. The van der Waals surface area contributed by atoms with Gasteiger partial charge in [0, 0.05) is 24.9 Å². The molecule has 3 rings (SSSR count). The van der Waals surface area contributed by atoms with Crippen molar-refractivity contribution < 1.29 is 4.39 Å². The normalized spacial score (nSPS) is 24.3. The predicted octanol–water partition coefficient (Wildman–Crippen LogP) is 5.84.